The third kappa shape index (κ3) is 6.08. The number of benzene rings is 1. The van der Waals surface area contributed by atoms with Crippen molar-refractivity contribution in [3.63, 3.8) is 0 Å². The lowest BCUT2D eigenvalue weighted by Gasteiger charge is -2.50. The van der Waals surface area contributed by atoms with E-state index in [9.17, 15) is 9.59 Å². The van der Waals surface area contributed by atoms with E-state index in [0.717, 1.165) is 65.1 Å². The summed E-state index contributed by atoms with van der Waals surface area (Å²) in [6.07, 6.45) is 7.10. The summed E-state index contributed by atoms with van der Waals surface area (Å²) in [7, 11) is 0. The molecule has 42 heavy (non-hydrogen) atoms. The topological polar surface area (TPSA) is 56.3 Å². The van der Waals surface area contributed by atoms with Gasteiger partial charge in [-0.25, -0.2) is 4.79 Å². The van der Waals surface area contributed by atoms with Crippen LogP contribution in [-0.4, -0.2) is 101 Å². The maximum absolute atomic E-state index is 13.9. The molecule has 1 aromatic rings. The van der Waals surface area contributed by atoms with Crippen molar-refractivity contribution in [3.8, 4) is 0 Å². The number of urea groups is 1. The molecule has 7 nitrogen and oxygen atoms in total. The number of likely N-dealkylation sites (tertiary alicyclic amines) is 1. The molecular weight excluding hydrogens is 548 g/mol. The minimum Gasteiger partial charge on any atom is -0.381 e. The first-order valence-corrected chi connectivity index (χ1v) is 16.3. The van der Waals surface area contributed by atoms with Gasteiger partial charge in [0.25, 0.3) is 0 Å². The van der Waals surface area contributed by atoms with E-state index in [1.54, 1.807) is 0 Å². The number of amides is 3. The van der Waals surface area contributed by atoms with Gasteiger partial charge < -0.3 is 19.4 Å². The summed E-state index contributed by atoms with van der Waals surface area (Å²) in [5.41, 5.74) is 1.30. The van der Waals surface area contributed by atoms with Crippen LogP contribution in [0.5, 0.6) is 0 Å². The van der Waals surface area contributed by atoms with E-state index in [-0.39, 0.29) is 35.4 Å². The zero-order valence-electron chi connectivity index (χ0n) is 26.5. The van der Waals surface area contributed by atoms with Crippen molar-refractivity contribution < 1.29 is 14.3 Å². The number of piperidine rings is 1. The third-order valence-electron chi connectivity index (χ3n) is 10.7. The standard InChI is InChI=1S/C34H52N4O3.ClH/c1-24(2)38-32(40)37(27-13-15-41-16-14-27)23-34(38)17-28-11-12-29(18-34)36(28)21-26-20-35(31(39)19-33(3,4)5)22-30(26)25-9-7-6-8-10-25;/h6-10,24,26-30H,11-23H2,1-5H3;1H/t26-,28?,29?,30-,34?;/m1./s1. The molecule has 5 heterocycles. The molecule has 5 saturated heterocycles. The van der Waals surface area contributed by atoms with Gasteiger partial charge in [0.05, 0.1) is 5.54 Å². The first-order valence-electron chi connectivity index (χ1n) is 16.3. The Kier molecular flexibility index (Phi) is 9.24. The second-order valence-corrected chi connectivity index (χ2v) is 15.2. The predicted octanol–water partition coefficient (Wildman–Crippen LogP) is 5.78. The summed E-state index contributed by atoms with van der Waals surface area (Å²) >= 11 is 0. The molecule has 5 aliphatic heterocycles. The Balaban J connectivity index is 0.00000353. The molecule has 3 amide bonds. The average molecular weight is 601 g/mol. The maximum atomic E-state index is 13.9. The number of fused-ring (bicyclic) bond motifs is 2. The number of carbonyl (C=O) groups is 2. The normalized spacial score (nSPS) is 32.3. The van der Waals surface area contributed by atoms with Crippen LogP contribution in [0.4, 0.5) is 4.79 Å². The molecule has 6 rings (SSSR count). The fraction of sp³-hybridized carbons (Fsp3) is 0.765. The Morgan fingerprint density at radius 1 is 0.976 bits per heavy atom. The molecule has 1 aromatic carbocycles. The van der Waals surface area contributed by atoms with E-state index in [0.29, 0.717) is 42.3 Å². The number of ether oxygens (including phenoxy) is 1. The summed E-state index contributed by atoms with van der Waals surface area (Å²) in [5, 5.41) is 0. The summed E-state index contributed by atoms with van der Waals surface area (Å²) in [4.78, 5) is 36.7. The molecule has 0 aliphatic carbocycles. The van der Waals surface area contributed by atoms with Crippen LogP contribution in [0.1, 0.15) is 91.0 Å². The highest BCUT2D eigenvalue weighted by Gasteiger charge is 2.59. The monoisotopic (exact) mass is 600 g/mol. The number of hydrogen-bond donors (Lipinski definition) is 0. The van der Waals surface area contributed by atoms with Gasteiger partial charge in [0.1, 0.15) is 0 Å². The molecule has 0 saturated carbocycles. The van der Waals surface area contributed by atoms with Crippen molar-refractivity contribution in [2.24, 2.45) is 11.3 Å². The first-order chi connectivity index (χ1) is 19.5. The molecule has 5 fully saturated rings. The van der Waals surface area contributed by atoms with Gasteiger partial charge in [-0.3, -0.25) is 9.69 Å². The Morgan fingerprint density at radius 2 is 1.62 bits per heavy atom. The highest BCUT2D eigenvalue weighted by Crippen LogP contribution is 2.49. The number of halogens is 1. The number of hydrogen-bond acceptors (Lipinski definition) is 4. The van der Waals surface area contributed by atoms with E-state index in [1.165, 1.54) is 18.4 Å². The highest BCUT2D eigenvalue weighted by molar-refractivity contribution is 5.85. The summed E-state index contributed by atoms with van der Waals surface area (Å²) in [6, 6.07) is 12.7. The van der Waals surface area contributed by atoms with Gasteiger partial charge in [-0.2, -0.15) is 0 Å². The lowest BCUT2D eigenvalue weighted by atomic mass is 9.80. The Bertz CT molecular complexity index is 1090. The number of carbonyl (C=O) groups excluding carboxylic acids is 2. The lowest BCUT2D eigenvalue weighted by Crippen LogP contribution is -2.60. The van der Waals surface area contributed by atoms with E-state index in [4.69, 9.17) is 4.74 Å². The smallest absolute Gasteiger partial charge is 0.321 e. The summed E-state index contributed by atoms with van der Waals surface area (Å²) in [6.45, 7) is 16.0. The van der Waals surface area contributed by atoms with Gasteiger partial charge >= 0.3 is 6.03 Å². The van der Waals surface area contributed by atoms with E-state index in [2.05, 4.69) is 84.6 Å². The summed E-state index contributed by atoms with van der Waals surface area (Å²) < 4.78 is 5.63. The molecule has 5 aliphatic rings. The second-order valence-electron chi connectivity index (χ2n) is 15.2. The van der Waals surface area contributed by atoms with Crippen molar-refractivity contribution in [2.45, 2.75) is 115 Å². The number of nitrogens with zero attached hydrogens (tertiary/aromatic N) is 4. The molecule has 2 unspecified atom stereocenters. The Morgan fingerprint density at radius 3 is 2.21 bits per heavy atom. The van der Waals surface area contributed by atoms with Crippen molar-refractivity contribution in [1.82, 2.24) is 19.6 Å². The van der Waals surface area contributed by atoms with Crippen molar-refractivity contribution >= 4 is 24.3 Å². The predicted molar refractivity (Wildman–Crippen MR) is 169 cm³/mol. The van der Waals surface area contributed by atoms with Crippen LogP contribution in [0.2, 0.25) is 0 Å². The molecule has 0 radical (unpaired) electrons. The van der Waals surface area contributed by atoms with Gasteiger partial charge in [0.2, 0.25) is 5.91 Å². The SMILES string of the molecule is CC(C)N1C(=O)N(C2CCOCC2)CC12CC1CCC(C2)N1C[C@H]1CN(C(=O)CC(C)(C)C)C[C@@H]1c1ccccc1.Cl. The minimum absolute atomic E-state index is 0. The molecule has 234 valence electrons. The maximum Gasteiger partial charge on any atom is 0.321 e. The van der Waals surface area contributed by atoms with Gasteiger partial charge in [0.15, 0.2) is 0 Å². The van der Waals surface area contributed by atoms with Crippen molar-refractivity contribution in [3.05, 3.63) is 35.9 Å². The number of rotatable bonds is 6. The van der Waals surface area contributed by atoms with Crippen LogP contribution in [0.25, 0.3) is 0 Å². The van der Waals surface area contributed by atoms with Gasteiger partial charge in [0, 0.05) is 75.9 Å². The molecule has 1 spiro atoms. The largest absolute Gasteiger partial charge is 0.381 e. The zero-order valence-corrected chi connectivity index (χ0v) is 27.3. The van der Waals surface area contributed by atoms with Gasteiger partial charge in [-0.15, -0.1) is 12.4 Å². The van der Waals surface area contributed by atoms with E-state index in [1.807, 2.05) is 0 Å². The zero-order chi connectivity index (χ0) is 28.9. The lowest BCUT2D eigenvalue weighted by molar-refractivity contribution is -0.132. The van der Waals surface area contributed by atoms with Crippen LogP contribution in [0.3, 0.4) is 0 Å². The first kappa shape index (κ1) is 31.6. The van der Waals surface area contributed by atoms with Crippen LogP contribution in [-0.2, 0) is 9.53 Å². The molecular formula is C34H53ClN4O3. The Labute approximate surface area is 259 Å². The minimum atomic E-state index is -0.0604. The third-order valence-corrected chi connectivity index (χ3v) is 10.7. The van der Waals surface area contributed by atoms with Crippen molar-refractivity contribution in [2.75, 3.05) is 39.4 Å². The molecule has 0 aromatic heterocycles. The van der Waals surface area contributed by atoms with Gasteiger partial charge in [-0.1, -0.05) is 51.1 Å². The van der Waals surface area contributed by atoms with Crippen LogP contribution in [0, 0.1) is 11.3 Å². The fourth-order valence-electron chi connectivity index (χ4n) is 9.06. The molecule has 2 bridgehead atoms. The van der Waals surface area contributed by atoms with Crippen LogP contribution < -0.4 is 0 Å². The molecule has 4 atom stereocenters. The van der Waals surface area contributed by atoms with Crippen LogP contribution in [0.15, 0.2) is 30.3 Å². The van der Waals surface area contributed by atoms with Crippen LogP contribution >= 0.6 is 12.4 Å². The van der Waals surface area contributed by atoms with Crippen molar-refractivity contribution in [1.29, 1.82) is 0 Å². The average Bonchev–Trinajstić information content (AvgIpc) is 3.55. The quantitative estimate of drug-likeness (QED) is 0.416. The second kappa shape index (κ2) is 12.3. The highest BCUT2D eigenvalue weighted by atomic mass is 35.5. The summed E-state index contributed by atoms with van der Waals surface area (Å²) in [5.74, 6) is 1.11. The van der Waals surface area contributed by atoms with Gasteiger partial charge in [-0.05, 0) is 69.3 Å². The molecule has 0 N–H and O–H groups in total. The van der Waals surface area contributed by atoms with E-state index >= 15 is 0 Å². The Hall–Kier alpha value is -1.83. The molecule has 8 heteroatoms. The van der Waals surface area contributed by atoms with E-state index < -0.39 is 0 Å². The fourth-order valence-corrected chi connectivity index (χ4v) is 9.06.